The molecule has 1 N–H and O–H groups in total. The SMILES string of the molecule is c1ccc(COC2CCN(Cc3ncc[nH]3)CC2)cc1. The number of hydrogen-bond donors (Lipinski definition) is 1. The van der Waals surface area contributed by atoms with Gasteiger partial charge in [0, 0.05) is 25.5 Å². The van der Waals surface area contributed by atoms with E-state index in [4.69, 9.17) is 4.74 Å². The van der Waals surface area contributed by atoms with Crippen molar-refractivity contribution in [3.63, 3.8) is 0 Å². The topological polar surface area (TPSA) is 41.1 Å². The molecule has 0 radical (unpaired) electrons. The fraction of sp³-hybridized carbons (Fsp3) is 0.438. The van der Waals surface area contributed by atoms with Crippen LogP contribution in [0.15, 0.2) is 42.7 Å². The van der Waals surface area contributed by atoms with Crippen molar-refractivity contribution in [2.75, 3.05) is 13.1 Å². The van der Waals surface area contributed by atoms with Crippen LogP contribution in [0.3, 0.4) is 0 Å². The molecule has 0 unspecified atom stereocenters. The second-order valence-electron chi connectivity index (χ2n) is 5.31. The van der Waals surface area contributed by atoms with Crippen LogP contribution in [0.5, 0.6) is 0 Å². The van der Waals surface area contributed by atoms with Crippen LogP contribution in [0.1, 0.15) is 24.2 Å². The zero-order valence-electron chi connectivity index (χ0n) is 11.7. The van der Waals surface area contributed by atoms with E-state index in [2.05, 4.69) is 39.1 Å². The minimum Gasteiger partial charge on any atom is -0.373 e. The van der Waals surface area contributed by atoms with Crippen molar-refractivity contribution in [2.45, 2.75) is 32.1 Å². The third-order valence-electron chi connectivity index (χ3n) is 3.79. The average molecular weight is 271 g/mol. The van der Waals surface area contributed by atoms with Crippen LogP contribution in [0.2, 0.25) is 0 Å². The molecule has 1 fully saturated rings. The molecule has 4 heteroatoms. The number of aromatic amines is 1. The third kappa shape index (κ3) is 3.68. The Morgan fingerprint density at radius 2 is 2.00 bits per heavy atom. The number of likely N-dealkylation sites (tertiary alicyclic amines) is 1. The molecule has 20 heavy (non-hydrogen) atoms. The number of imidazole rings is 1. The summed E-state index contributed by atoms with van der Waals surface area (Å²) < 4.78 is 6.00. The Labute approximate surface area is 119 Å². The van der Waals surface area contributed by atoms with Crippen LogP contribution in [-0.2, 0) is 17.9 Å². The van der Waals surface area contributed by atoms with Gasteiger partial charge < -0.3 is 9.72 Å². The number of nitrogens with zero attached hydrogens (tertiary/aromatic N) is 2. The van der Waals surface area contributed by atoms with Crippen LogP contribution in [0, 0.1) is 0 Å². The Bertz CT molecular complexity index is 490. The van der Waals surface area contributed by atoms with Gasteiger partial charge in [0.15, 0.2) is 0 Å². The standard InChI is InChI=1S/C16H21N3O/c1-2-4-14(5-3-1)13-20-15-6-10-19(11-7-15)12-16-17-8-9-18-16/h1-5,8-9,15H,6-7,10-13H2,(H,17,18). The van der Waals surface area contributed by atoms with E-state index in [0.29, 0.717) is 6.10 Å². The monoisotopic (exact) mass is 271 g/mol. The Kier molecular flexibility index (Phi) is 4.46. The number of hydrogen-bond acceptors (Lipinski definition) is 3. The summed E-state index contributed by atoms with van der Waals surface area (Å²) in [4.78, 5) is 9.87. The maximum Gasteiger partial charge on any atom is 0.120 e. The van der Waals surface area contributed by atoms with E-state index in [1.54, 1.807) is 0 Å². The molecule has 4 nitrogen and oxygen atoms in total. The zero-order valence-corrected chi connectivity index (χ0v) is 11.7. The predicted octanol–water partition coefficient (Wildman–Crippen LogP) is 2.59. The molecule has 1 aromatic carbocycles. The zero-order chi connectivity index (χ0) is 13.6. The summed E-state index contributed by atoms with van der Waals surface area (Å²) in [6, 6.07) is 10.4. The van der Waals surface area contributed by atoms with Crippen molar-refractivity contribution in [3.05, 3.63) is 54.1 Å². The van der Waals surface area contributed by atoms with Crippen molar-refractivity contribution < 1.29 is 4.74 Å². The lowest BCUT2D eigenvalue weighted by molar-refractivity contribution is -0.00433. The Morgan fingerprint density at radius 3 is 2.70 bits per heavy atom. The van der Waals surface area contributed by atoms with Gasteiger partial charge in [0.2, 0.25) is 0 Å². The van der Waals surface area contributed by atoms with Crippen molar-refractivity contribution in [3.8, 4) is 0 Å². The maximum atomic E-state index is 6.00. The predicted molar refractivity (Wildman–Crippen MR) is 78.1 cm³/mol. The van der Waals surface area contributed by atoms with E-state index in [9.17, 15) is 0 Å². The molecule has 0 amide bonds. The fourth-order valence-electron chi connectivity index (χ4n) is 2.62. The maximum absolute atomic E-state index is 6.00. The largest absolute Gasteiger partial charge is 0.373 e. The van der Waals surface area contributed by atoms with Gasteiger partial charge in [-0.3, -0.25) is 4.90 Å². The number of ether oxygens (including phenoxy) is 1. The van der Waals surface area contributed by atoms with E-state index in [1.807, 2.05) is 18.5 Å². The number of rotatable bonds is 5. The van der Waals surface area contributed by atoms with Gasteiger partial charge in [-0.2, -0.15) is 0 Å². The average Bonchev–Trinajstić information content (AvgIpc) is 3.01. The first-order valence-electron chi connectivity index (χ1n) is 7.26. The highest BCUT2D eigenvalue weighted by atomic mass is 16.5. The minimum absolute atomic E-state index is 0.392. The van der Waals surface area contributed by atoms with Gasteiger partial charge in [-0.05, 0) is 18.4 Å². The normalized spacial score (nSPS) is 17.4. The van der Waals surface area contributed by atoms with Crippen molar-refractivity contribution in [1.82, 2.24) is 14.9 Å². The van der Waals surface area contributed by atoms with Gasteiger partial charge in [0.1, 0.15) is 5.82 Å². The van der Waals surface area contributed by atoms with Gasteiger partial charge in [-0.15, -0.1) is 0 Å². The van der Waals surface area contributed by atoms with Crippen molar-refractivity contribution >= 4 is 0 Å². The minimum atomic E-state index is 0.392. The fourth-order valence-corrected chi connectivity index (χ4v) is 2.62. The van der Waals surface area contributed by atoms with Gasteiger partial charge in [0.05, 0.1) is 19.3 Å². The van der Waals surface area contributed by atoms with E-state index in [0.717, 1.165) is 44.9 Å². The molecule has 0 aliphatic carbocycles. The van der Waals surface area contributed by atoms with Gasteiger partial charge in [-0.25, -0.2) is 4.98 Å². The molecule has 106 valence electrons. The summed E-state index contributed by atoms with van der Waals surface area (Å²) in [5.41, 5.74) is 1.26. The molecule has 1 aromatic heterocycles. The van der Waals surface area contributed by atoms with E-state index in [1.165, 1.54) is 5.56 Å². The van der Waals surface area contributed by atoms with E-state index < -0.39 is 0 Å². The highest BCUT2D eigenvalue weighted by molar-refractivity contribution is 5.13. The lowest BCUT2D eigenvalue weighted by Gasteiger charge is -2.31. The first kappa shape index (κ1) is 13.3. The molecular weight excluding hydrogens is 250 g/mol. The van der Waals surface area contributed by atoms with Crippen LogP contribution >= 0.6 is 0 Å². The molecule has 1 aliphatic heterocycles. The second-order valence-corrected chi connectivity index (χ2v) is 5.31. The number of aromatic nitrogens is 2. The first-order valence-corrected chi connectivity index (χ1v) is 7.26. The van der Waals surface area contributed by atoms with Gasteiger partial charge in [0.25, 0.3) is 0 Å². The number of benzene rings is 1. The molecule has 0 spiro atoms. The molecule has 2 heterocycles. The lowest BCUT2D eigenvalue weighted by Crippen LogP contribution is -2.36. The summed E-state index contributed by atoms with van der Waals surface area (Å²) in [6.45, 7) is 3.81. The smallest absolute Gasteiger partial charge is 0.120 e. The molecule has 1 saturated heterocycles. The van der Waals surface area contributed by atoms with Crippen molar-refractivity contribution in [1.29, 1.82) is 0 Å². The van der Waals surface area contributed by atoms with Gasteiger partial charge in [-0.1, -0.05) is 30.3 Å². The van der Waals surface area contributed by atoms with E-state index in [-0.39, 0.29) is 0 Å². The third-order valence-corrected chi connectivity index (χ3v) is 3.79. The van der Waals surface area contributed by atoms with Crippen LogP contribution in [0.4, 0.5) is 0 Å². The molecule has 3 rings (SSSR count). The quantitative estimate of drug-likeness (QED) is 0.908. The summed E-state index contributed by atoms with van der Waals surface area (Å²) in [5.74, 6) is 1.05. The van der Waals surface area contributed by atoms with Crippen LogP contribution < -0.4 is 0 Å². The Balaban J connectivity index is 1.40. The lowest BCUT2D eigenvalue weighted by atomic mass is 10.1. The highest BCUT2D eigenvalue weighted by Gasteiger charge is 2.20. The number of H-pyrrole nitrogens is 1. The first-order chi connectivity index (χ1) is 9.90. The number of piperidine rings is 1. The summed E-state index contributed by atoms with van der Waals surface area (Å²) >= 11 is 0. The Morgan fingerprint density at radius 1 is 1.20 bits per heavy atom. The molecule has 0 bridgehead atoms. The van der Waals surface area contributed by atoms with Crippen LogP contribution in [-0.4, -0.2) is 34.1 Å². The summed E-state index contributed by atoms with van der Waals surface area (Å²) in [5, 5.41) is 0. The molecule has 2 aromatic rings. The number of nitrogens with one attached hydrogen (secondary N) is 1. The molecular formula is C16H21N3O. The molecule has 1 aliphatic rings. The van der Waals surface area contributed by atoms with Crippen LogP contribution in [0.25, 0.3) is 0 Å². The van der Waals surface area contributed by atoms with Crippen molar-refractivity contribution in [2.24, 2.45) is 0 Å². The van der Waals surface area contributed by atoms with E-state index >= 15 is 0 Å². The highest BCUT2D eigenvalue weighted by Crippen LogP contribution is 2.16. The Hall–Kier alpha value is -1.65. The molecule has 0 saturated carbocycles. The van der Waals surface area contributed by atoms with Gasteiger partial charge >= 0.3 is 0 Å². The second kappa shape index (κ2) is 6.68. The molecule has 0 atom stereocenters. The summed E-state index contributed by atoms with van der Waals surface area (Å²) in [6.07, 6.45) is 6.29. The summed E-state index contributed by atoms with van der Waals surface area (Å²) in [7, 11) is 0.